The molecule has 3 heterocycles. The Labute approximate surface area is 197 Å². The summed E-state index contributed by atoms with van der Waals surface area (Å²) in [5.74, 6) is -1.72. The Hall–Kier alpha value is -3.30. The molecule has 0 aliphatic carbocycles. The maximum atomic E-state index is 11.8. The maximum Gasteiger partial charge on any atom is 0.215 e. The van der Waals surface area contributed by atoms with Crippen molar-refractivity contribution in [1.82, 2.24) is 14.6 Å². The van der Waals surface area contributed by atoms with Gasteiger partial charge in [0.05, 0.1) is 25.9 Å². The van der Waals surface area contributed by atoms with Gasteiger partial charge in [-0.05, 0) is 23.3 Å². The number of nitrogens with zero attached hydrogens (tertiary/aromatic N) is 3. The first-order valence-corrected chi connectivity index (χ1v) is 11.3. The number of ether oxygens (including phenoxy) is 3. The van der Waals surface area contributed by atoms with Crippen LogP contribution in [0.3, 0.4) is 0 Å². The van der Waals surface area contributed by atoms with Crippen LogP contribution >= 0.6 is 0 Å². The Morgan fingerprint density at radius 2 is 1.68 bits per heavy atom. The SMILES string of the molecule is C[C@H]1[C@H](OCc2ccccc2)[C@@H](COCc2ccccc2)OC1(O)c1ccc2c(N)ncnn12. The van der Waals surface area contributed by atoms with E-state index in [1.807, 2.05) is 67.6 Å². The number of fused-ring (bicyclic) bond motifs is 1. The molecule has 1 unspecified atom stereocenters. The minimum Gasteiger partial charge on any atom is -0.382 e. The molecule has 0 radical (unpaired) electrons. The lowest BCUT2D eigenvalue weighted by molar-refractivity contribution is -0.228. The van der Waals surface area contributed by atoms with Gasteiger partial charge in [-0.15, -0.1) is 0 Å². The molecular weight excluding hydrogens is 432 g/mol. The van der Waals surface area contributed by atoms with Crippen LogP contribution in [0.4, 0.5) is 5.82 Å². The third kappa shape index (κ3) is 4.28. The van der Waals surface area contributed by atoms with E-state index in [1.54, 1.807) is 16.6 Å². The zero-order valence-electron chi connectivity index (χ0n) is 18.9. The first-order chi connectivity index (χ1) is 16.6. The predicted octanol–water partition coefficient (Wildman–Crippen LogP) is 3.29. The number of rotatable bonds is 8. The molecule has 176 valence electrons. The number of anilines is 1. The summed E-state index contributed by atoms with van der Waals surface area (Å²) in [6, 6.07) is 23.4. The lowest BCUT2D eigenvalue weighted by Crippen LogP contribution is -2.36. The highest BCUT2D eigenvalue weighted by molar-refractivity contribution is 5.65. The summed E-state index contributed by atoms with van der Waals surface area (Å²) in [7, 11) is 0. The van der Waals surface area contributed by atoms with Crippen LogP contribution in [0.1, 0.15) is 23.7 Å². The largest absolute Gasteiger partial charge is 0.382 e. The standard InChI is InChI=1S/C26H28N4O4/c1-18-24(33-15-20-10-6-3-7-11-20)22(16-32-14-19-8-4-2-5-9-19)34-26(18,31)23-13-12-21-25(27)28-17-29-30(21)23/h2-13,17-18,22,24,31H,14-16H2,1H3,(H2,27,28,29)/t18-,22+,24-,26?/m0/s1. The Morgan fingerprint density at radius 3 is 2.38 bits per heavy atom. The summed E-state index contributed by atoms with van der Waals surface area (Å²) in [4.78, 5) is 4.03. The molecule has 8 heteroatoms. The zero-order valence-corrected chi connectivity index (χ0v) is 18.9. The molecule has 1 aliphatic heterocycles. The minimum absolute atomic E-state index is 0.265. The molecule has 5 rings (SSSR count). The number of benzene rings is 2. The van der Waals surface area contributed by atoms with E-state index in [-0.39, 0.29) is 6.61 Å². The number of nitrogen functional groups attached to an aromatic ring is 1. The molecule has 8 nitrogen and oxygen atoms in total. The summed E-state index contributed by atoms with van der Waals surface area (Å²) in [5.41, 5.74) is 9.18. The second kappa shape index (κ2) is 9.52. The molecular formula is C26H28N4O4. The number of nitrogens with two attached hydrogens (primary N) is 1. The first kappa shape index (κ1) is 22.5. The fourth-order valence-electron chi connectivity index (χ4n) is 4.48. The van der Waals surface area contributed by atoms with Crippen LogP contribution in [0, 0.1) is 5.92 Å². The van der Waals surface area contributed by atoms with Gasteiger partial charge in [0.25, 0.3) is 0 Å². The van der Waals surface area contributed by atoms with E-state index in [4.69, 9.17) is 19.9 Å². The number of hydrogen-bond acceptors (Lipinski definition) is 7. The summed E-state index contributed by atoms with van der Waals surface area (Å²) in [5, 5.41) is 16.1. The van der Waals surface area contributed by atoms with E-state index in [2.05, 4.69) is 10.1 Å². The van der Waals surface area contributed by atoms with E-state index in [0.717, 1.165) is 11.1 Å². The topological polar surface area (TPSA) is 104 Å². The molecule has 34 heavy (non-hydrogen) atoms. The van der Waals surface area contributed by atoms with Gasteiger partial charge in [-0.1, -0.05) is 67.6 Å². The Kier molecular flexibility index (Phi) is 6.30. The normalized spacial score (nSPS) is 24.6. The van der Waals surface area contributed by atoms with Crippen molar-refractivity contribution in [2.45, 2.75) is 38.1 Å². The second-order valence-corrected chi connectivity index (χ2v) is 8.56. The average molecular weight is 461 g/mol. The fraction of sp³-hybridized carbons (Fsp3) is 0.308. The van der Waals surface area contributed by atoms with Gasteiger partial charge in [0, 0.05) is 5.92 Å². The van der Waals surface area contributed by atoms with Crippen LogP contribution in [-0.2, 0) is 33.2 Å². The molecule has 0 spiro atoms. The van der Waals surface area contributed by atoms with Crippen molar-refractivity contribution in [3.8, 4) is 0 Å². The van der Waals surface area contributed by atoms with E-state index >= 15 is 0 Å². The summed E-state index contributed by atoms with van der Waals surface area (Å²) in [6.07, 6.45) is 0.460. The van der Waals surface area contributed by atoms with Crippen LogP contribution in [0.25, 0.3) is 5.52 Å². The second-order valence-electron chi connectivity index (χ2n) is 8.56. The third-order valence-corrected chi connectivity index (χ3v) is 6.34. The van der Waals surface area contributed by atoms with Crippen molar-refractivity contribution in [2.24, 2.45) is 5.92 Å². The van der Waals surface area contributed by atoms with Crippen molar-refractivity contribution in [1.29, 1.82) is 0 Å². The zero-order chi connectivity index (χ0) is 23.5. The van der Waals surface area contributed by atoms with Gasteiger partial charge in [-0.3, -0.25) is 0 Å². The Bertz CT molecular complexity index is 1230. The number of hydrogen-bond donors (Lipinski definition) is 2. The van der Waals surface area contributed by atoms with E-state index in [1.165, 1.54) is 6.33 Å². The molecule has 4 atom stereocenters. The predicted molar refractivity (Wildman–Crippen MR) is 126 cm³/mol. The molecule has 0 amide bonds. The van der Waals surface area contributed by atoms with E-state index in [0.29, 0.717) is 30.2 Å². The van der Waals surface area contributed by atoms with Crippen molar-refractivity contribution < 1.29 is 19.3 Å². The van der Waals surface area contributed by atoms with Crippen molar-refractivity contribution in [3.63, 3.8) is 0 Å². The van der Waals surface area contributed by atoms with Gasteiger partial charge in [0.15, 0.2) is 5.82 Å². The van der Waals surface area contributed by atoms with E-state index < -0.39 is 23.9 Å². The highest BCUT2D eigenvalue weighted by Gasteiger charge is 2.55. The number of aliphatic hydroxyl groups is 1. The third-order valence-electron chi connectivity index (χ3n) is 6.34. The Balaban J connectivity index is 1.39. The lowest BCUT2D eigenvalue weighted by atomic mass is 9.93. The maximum absolute atomic E-state index is 11.8. The fourth-order valence-corrected chi connectivity index (χ4v) is 4.48. The highest BCUT2D eigenvalue weighted by Crippen LogP contribution is 2.44. The van der Waals surface area contributed by atoms with Gasteiger partial charge in [-0.25, -0.2) is 9.50 Å². The van der Waals surface area contributed by atoms with Gasteiger partial charge < -0.3 is 25.1 Å². The van der Waals surface area contributed by atoms with Crippen LogP contribution in [-0.4, -0.2) is 38.5 Å². The molecule has 4 aromatic rings. The molecule has 1 aliphatic rings. The number of aromatic nitrogens is 3. The van der Waals surface area contributed by atoms with Crippen LogP contribution in [0.5, 0.6) is 0 Å². The molecule has 2 aromatic carbocycles. The smallest absolute Gasteiger partial charge is 0.215 e. The van der Waals surface area contributed by atoms with Crippen molar-refractivity contribution >= 4 is 11.3 Å². The molecule has 1 fully saturated rings. The van der Waals surface area contributed by atoms with Crippen LogP contribution < -0.4 is 5.73 Å². The van der Waals surface area contributed by atoms with Crippen LogP contribution in [0.2, 0.25) is 0 Å². The molecule has 1 saturated heterocycles. The lowest BCUT2D eigenvalue weighted by Gasteiger charge is -2.27. The Morgan fingerprint density at radius 1 is 1.00 bits per heavy atom. The highest BCUT2D eigenvalue weighted by atomic mass is 16.7. The molecule has 2 aromatic heterocycles. The quantitative estimate of drug-likeness (QED) is 0.416. The van der Waals surface area contributed by atoms with E-state index in [9.17, 15) is 5.11 Å². The minimum atomic E-state index is -1.64. The van der Waals surface area contributed by atoms with Gasteiger partial charge in [0.2, 0.25) is 5.79 Å². The monoisotopic (exact) mass is 460 g/mol. The molecule has 3 N–H and O–H groups in total. The summed E-state index contributed by atoms with van der Waals surface area (Å²) >= 11 is 0. The summed E-state index contributed by atoms with van der Waals surface area (Å²) in [6.45, 7) is 3.02. The van der Waals surface area contributed by atoms with Gasteiger partial charge >= 0.3 is 0 Å². The molecule has 0 saturated carbocycles. The van der Waals surface area contributed by atoms with Gasteiger partial charge in [0.1, 0.15) is 23.6 Å². The van der Waals surface area contributed by atoms with Crippen molar-refractivity contribution in [3.05, 3.63) is 95.9 Å². The molecule has 0 bridgehead atoms. The average Bonchev–Trinajstić information content (AvgIpc) is 3.40. The summed E-state index contributed by atoms with van der Waals surface area (Å²) < 4.78 is 20.1. The first-order valence-electron chi connectivity index (χ1n) is 11.3. The van der Waals surface area contributed by atoms with Crippen molar-refractivity contribution in [2.75, 3.05) is 12.3 Å². The van der Waals surface area contributed by atoms with Crippen LogP contribution in [0.15, 0.2) is 79.1 Å². The van der Waals surface area contributed by atoms with Gasteiger partial charge in [-0.2, -0.15) is 5.10 Å².